The molecule has 5 nitrogen and oxygen atoms in total. The molecule has 0 aromatic carbocycles. The van der Waals surface area contributed by atoms with Crippen LogP contribution in [0.3, 0.4) is 0 Å². The van der Waals surface area contributed by atoms with Crippen LogP contribution in [0.2, 0.25) is 0 Å². The van der Waals surface area contributed by atoms with Gasteiger partial charge in [-0.15, -0.1) is 0 Å². The molecule has 5 heteroatoms. The first-order valence-corrected chi connectivity index (χ1v) is 7.34. The topological polar surface area (TPSA) is 69.1 Å². The molecule has 0 amide bonds. The van der Waals surface area contributed by atoms with E-state index in [-0.39, 0.29) is 17.3 Å². The van der Waals surface area contributed by atoms with Gasteiger partial charge in [-0.1, -0.05) is 0 Å². The van der Waals surface area contributed by atoms with Gasteiger partial charge in [0.1, 0.15) is 0 Å². The molecule has 0 aliphatic heterocycles. The minimum atomic E-state index is -0.296. The molecule has 4 aromatic heterocycles. The summed E-state index contributed by atoms with van der Waals surface area (Å²) in [5.74, 6) is 0.172. The number of carbonyl (C=O) groups is 1. The van der Waals surface area contributed by atoms with Crippen molar-refractivity contribution in [3.63, 3.8) is 0 Å². The van der Waals surface area contributed by atoms with Gasteiger partial charge in [0.05, 0.1) is 12.5 Å². The van der Waals surface area contributed by atoms with Gasteiger partial charge in [0.2, 0.25) is 0 Å². The number of ketones is 1. The Morgan fingerprint density at radius 1 is 0.667 bits per heavy atom. The monoisotopic (exact) mass is 316 g/mol. The Labute approximate surface area is 137 Å². The standard InChI is InChI=1S/C19H12N2O3/c22-19(17-9-15(11-23-17)13-1-5-20-6-2-13)18-10-16(12-24-18)14-3-7-21-8-4-14/h1-12H. The molecule has 0 N–H and O–H groups in total. The fraction of sp³-hybridized carbons (Fsp3) is 0. The van der Waals surface area contributed by atoms with Crippen molar-refractivity contribution in [3.8, 4) is 22.3 Å². The zero-order valence-electron chi connectivity index (χ0n) is 12.5. The third kappa shape index (κ3) is 2.63. The second kappa shape index (κ2) is 5.96. The van der Waals surface area contributed by atoms with Crippen LogP contribution in [0, 0.1) is 0 Å². The Bertz CT molecular complexity index is 892. The van der Waals surface area contributed by atoms with Gasteiger partial charge in [-0.05, 0) is 47.5 Å². The molecule has 4 aromatic rings. The zero-order chi connectivity index (χ0) is 16.4. The number of aromatic nitrogens is 2. The van der Waals surface area contributed by atoms with Crippen LogP contribution < -0.4 is 0 Å². The van der Waals surface area contributed by atoms with Gasteiger partial charge in [0.15, 0.2) is 11.5 Å². The van der Waals surface area contributed by atoms with Gasteiger partial charge in [-0.25, -0.2) is 0 Å². The average Bonchev–Trinajstić information content (AvgIpc) is 3.33. The highest BCUT2D eigenvalue weighted by Gasteiger charge is 2.18. The van der Waals surface area contributed by atoms with Crippen molar-refractivity contribution in [2.24, 2.45) is 0 Å². The normalized spacial score (nSPS) is 10.7. The van der Waals surface area contributed by atoms with E-state index in [0.717, 1.165) is 22.3 Å². The maximum absolute atomic E-state index is 12.5. The molecule has 0 atom stereocenters. The summed E-state index contributed by atoms with van der Waals surface area (Å²) < 4.78 is 10.8. The average molecular weight is 316 g/mol. The maximum Gasteiger partial charge on any atom is 0.263 e. The molecule has 4 heterocycles. The van der Waals surface area contributed by atoms with Crippen LogP contribution in [0.5, 0.6) is 0 Å². The SMILES string of the molecule is O=C(c1cc(-c2ccncc2)co1)c1cc(-c2ccncc2)co1. The van der Waals surface area contributed by atoms with Crippen LogP contribution in [0.25, 0.3) is 22.3 Å². The minimum absolute atomic E-state index is 0.234. The fourth-order valence-electron chi connectivity index (χ4n) is 2.42. The molecule has 0 saturated carbocycles. The quantitative estimate of drug-likeness (QED) is 0.527. The number of hydrogen-bond donors (Lipinski definition) is 0. The summed E-state index contributed by atoms with van der Waals surface area (Å²) in [5, 5.41) is 0. The first-order chi connectivity index (χ1) is 11.8. The van der Waals surface area contributed by atoms with Gasteiger partial charge >= 0.3 is 0 Å². The number of rotatable bonds is 4. The molecule has 116 valence electrons. The second-order valence-corrected chi connectivity index (χ2v) is 5.20. The lowest BCUT2D eigenvalue weighted by Gasteiger charge is -1.93. The van der Waals surface area contributed by atoms with Crippen LogP contribution in [-0.4, -0.2) is 15.8 Å². The van der Waals surface area contributed by atoms with Gasteiger partial charge in [0.25, 0.3) is 5.78 Å². The third-order valence-corrected chi connectivity index (χ3v) is 3.67. The van der Waals surface area contributed by atoms with Crippen molar-refractivity contribution in [3.05, 3.63) is 85.2 Å². The number of furan rings is 2. The van der Waals surface area contributed by atoms with Crippen molar-refractivity contribution in [1.82, 2.24) is 9.97 Å². The Hall–Kier alpha value is -3.47. The number of hydrogen-bond acceptors (Lipinski definition) is 5. The molecule has 0 aliphatic rings. The molecule has 0 fully saturated rings. The smallest absolute Gasteiger partial charge is 0.263 e. The van der Waals surface area contributed by atoms with E-state index in [1.807, 2.05) is 24.3 Å². The minimum Gasteiger partial charge on any atom is -0.460 e. The number of carbonyl (C=O) groups excluding carboxylic acids is 1. The molecular formula is C19H12N2O3. The maximum atomic E-state index is 12.5. The van der Waals surface area contributed by atoms with E-state index in [1.54, 1.807) is 49.4 Å². The van der Waals surface area contributed by atoms with E-state index in [9.17, 15) is 4.79 Å². The van der Waals surface area contributed by atoms with Crippen molar-refractivity contribution >= 4 is 5.78 Å². The van der Waals surface area contributed by atoms with Crippen molar-refractivity contribution in [2.45, 2.75) is 0 Å². The van der Waals surface area contributed by atoms with Crippen LogP contribution in [0.1, 0.15) is 16.3 Å². The highest BCUT2D eigenvalue weighted by atomic mass is 16.4. The van der Waals surface area contributed by atoms with E-state index < -0.39 is 0 Å². The summed E-state index contributed by atoms with van der Waals surface area (Å²) in [6.07, 6.45) is 9.87. The molecule has 0 bridgehead atoms. The van der Waals surface area contributed by atoms with Crippen molar-refractivity contribution < 1.29 is 13.6 Å². The summed E-state index contributed by atoms with van der Waals surface area (Å²) >= 11 is 0. The predicted octanol–water partition coefficient (Wildman–Crippen LogP) is 4.23. The lowest BCUT2D eigenvalue weighted by atomic mass is 10.1. The largest absolute Gasteiger partial charge is 0.460 e. The van der Waals surface area contributed by atoms with Gasteiger partial charge in [-0.3, -0.25) is 14.8 Å². The molecule has 0 radical (unpaired) electrons. The first kappa shape index (κ1) is 14.1. The lowest BCUT2D eigenvalue weighted by molar-refractivity contribution is 0.0983. The predicted molar refractivity (Wildman–Crippen MR) is 87.3 cm³/mol. The summed E-state index contributed by atoms with van der Waals surface area (Å²) in [6.45, 7) is 0. The van der Waals surface area contributed by atoms with Gasteiger partial charge in [-0.2, -0.15) is 0 Å². The summed E-state index contributed by atoms with van der Waals surface area (Å²) in [6, 6.07) is 10.8. The van der Waals surface area contributed by atoms with Crippen LogP contribution in [0.15, 0.2) is 82.5 Å². The highest BCUT2D eigenvalue weighted by molar-refractivity contribution is 6.06. The van der Waals surface area contributed by atoms with Crippen molar-refractivity contribution in [1.29, 1.82) is 0 Å². The summed E-state index contributed by atoms with van der Waals surface area (Å²) in [7, 11) is 0. The van der Waals surface area contributed by atoms with E-state index in [0.29, 0.717) is 0 Å². The Kier molecular flexibility index (Phi) is 3.51. The second-order valence-electron chi connectivity index (χ2n) is 5.20. The van der Waals surface area contributed by atoms with E-state index in [2.05, 4.69) is 9.97 Å². The van der Waals surface area contributed by atoms with E-state index in [1.165, 1.54) is 0 Å². The molecule has 0 saturated heterocycles. The molecule has 24 heavy (non-hydrogen) atoms. The Morgan fingerprint density at radius 3 is 1.50 bits per heavy atom. The van der Waals surface area contributed by atoms with Crippen LogP contribution in [0.4, 0.5) is 0 Å². The zero-order valence-corrected chi connectivity index (χ0v) is 12.5. The molecule has 4 rings (SSSR count). The Balaban J connectivity index is 1.61. The molecule has 0 aliphatic carbocycles. The van der Waals surface area contributed by atoms with Gasteiger partial charge in [0, 0.05) is 35.9 Å². The fourth-order valence-corrected chi connectivity index (χ4v) is 2.42. The van der Waals surface area contributed by atoms with Crippen molar-refractivity contribution in [2.75, 3.05) is 0 Å². The number of pyridine rings is 2. The lowest BCUT2D eigenvalue weighted by Crippen LogP contribution is -1.96. The summed E-state index contributed by atoms with van der Waals surface area (Å²) in [5.41, 5.74) is 3.51. The highest BCUT2D eigenvalue weighted by Crippen LogP contribution is 2.26. The summed E-state index contributed by atoms with van der Waals surface area (Å²) in [4.78, 5) is 20.5. The van der Waals surface area contributed by atoms with E-state index >= 15 is 0 Å². The molecule has 0 spiro atoms. The van der Waals surface area contributed by atoms with Crippen LogP contribution >= 0.6 is 0 Å². The Morgan fingerprint density at radius 2 is 1.08 bits per heavy atom. The number of nitrogens with zero attached hydrogens (tertiary/aromatic N) is 2. The molecular weight excluding hydrogens is 304 g/mol. The first-order valence-electron chi connectivity index (χ1n) is 7.34. The third-order valence-electron chi connectivity index (χ3n) is 3.67. The van der Waals surface area contributed by atoms with Crippen LogP contribution in [-0.2, 0) is 0 Å². The van der Waals surface area contributed by atoms with Gasteiger partial charge < -0.3 is 8.83 Å². The van der Waals surface area contributed by atoms with E-state index in [4.69, 9.17) is 8.83 Å². The molecule has 0 unspecified atom stereocenters.